The predicted molar refractivity (Wildman–Crippen MR) is 165 cm³/mol. The van der Waals surface area contributed by atoms with Crippen molar-refractivity contribution in [2.24, 2.45) is 5.10 Å². The van der Waals surface area contributed by atoms with Crippen LogP contribution in [0.2, 0.25) is 0 Å². The van der Waals surface area contributed by atoms with Crippen molar-refractivity contribution in [3.8, 4) is 11.4 Å². The summed E-state index contributed by atoms with van der Waals surface area (Å²) in [7, 11) is 0. The Balaban J connectivity index is 1.35. The van der Waals surface area contributed by atoms with Gasteiger partial charge in [0.1, 0.15) is 10.6 Å². The van der Waals surface area contributed by atoms with Crippen LogP contribution in [0.25, 0.3) is 15.9 Å². The Labute approximate surface area is 241 Å². The minimum absolute atomic E-state index is 0.0269. The fraction of sp³-hybridized carbons (Fsp3) is 0.333. The molecule has 0 bridgehead atoms. The first-order valence-corrected chi connectivity index (χ1v) is 15.4. The highest BCUT2D eigenvalue weighted by Gasteiger charge is 2.23. The molecule has 0 unspecified atom stereocenters. The average molecular weight is 576 g/mol. The number of phenolic OH excluding ortho intramolecular Hbond substituents is 1. The van der Waals surface area contributed by atoms with Crippen molar-refractivity contribution < 1.29 is 9.90 Å². The lowest BCUT2D eigenvalue weighted by atomic mass is 9.97. The predicted octanol–water partition coefficient (Wildman–Crippen LogP) is 5.43. The number of hydrogen-bond donors (Lipinski definition) is 2. The standard InChI is InChI=1S/C30H33N5O3S2/c1-4-34(5-2)22-15-12-20(24(36)16-22)17-31-33-26(37)18-39-30-32-28-27(23-8-6-7-9-25(23)40-28)29(38)35(30)21-13-10-19(3)11-14-21/h10-17,36H,4-9,18H2,1-3H3,(H,33,37). The molecule has 8 nitrogen and oxygen atoms in total. The summed E-state index contributed by atoms with van der Waals surface area (Å²) in [5, 5.41) is 15.6. The van der Waals surface area contributed by atoms with Gasteiger partial charge in [0.15, 0.2) is 5.16 Å². The quantitative estimate of drug-likeness (QED) is 0.120. The number of phenols is 1. The van der Waals surface area contributed by atoms with Gasteiger partial charge < -0.3 is 10.0 Å². The van der Waals surface area contributed by atoms with Crippen LogP contribution in [0.15, 0.2) is 57.5 Å². The first-order valence-electron chi connectivity index (χ1n) is 13.6. The SMILES string of the molecule is CCN(CC)c1ccc(C=NNC(=O)CSc2nc3sc4c(c3c(=O)n2-c2ccc(C)cc2)CCCC4)c(O)c1. The van der Waals surface area contributed by atoms with Crippen LogP contribution in [0.4, 0.5) is 5.69 Å². The molecular formula is C30H33N5O3S2. The largest absolute Gasteiger partial charge is 0.507 e. The van der Waals surface area contributed by atoms with Crippen LogP contribution in [-0.2, 0) is 17.6 Å². The van der Waals surface area contributed by atoms with Crippen molar-refractivity contribution in [1.82, 2.24) is 15.0 Å². The molecule has 1 aliphatic rings. The van der Waals surface area contributed by atoms with Crippen molar-refractivity contribution in [2.45, 2.75) is 51.6 Å². The van der Waals surface area contributed by atoms with Crippen molar-refractivity contribution in [3.05, 3.63) is 74.4 Å². The van der Waals surface area contributed by atoms with E-state index in [0.29, 0.717) is 16.1 Å². The Bertz CT molecular complexity index is 1620. The van der Waals surface area contributed by atoms with E-state index in [9.17, 15) is 14.7 Å². The van der Waals surface area contributed by atoms with E-state index in [-0.39, 0.29) is 23.0 Å². The molecule has 2 aromatic carbocycles. The molecule has 0 saturated heterocycles. The number of benzene rings is 2. The number of amides is 1. The maximum atomic E-state index is 13.8. The molecule has 5 rings (SSSR count). The maximum Gasteiger partial charge on any atom is 0.267 e. The van der Waals surface area contributed by atoms with Gasteiger partial charge in [-0.05, 0) is 76.3 Å². The van der Waals surface area contributed by atoms with E-state index in [2.05, 4.69) is 29.3 Å². The average Bonchev–Trinajstić information content (AvgIpc) is 3.33. The summed E-state index contributed by atoms with van der Waals surface area (Å²) in [6.45, 7) is 7.80. The summed E-state index contributed by atoms with van der Waals surface area (Å²) in [6, 6.07) is 13.1. The topological polar surface area (TPSA) is 99.8 Å². The Kier molecular flexibility index (Phi) is 8.56. The molecule has 0 radical (unpaired) electrons. The molecule has 2 aromatic heterocycles. The van der Waals surface area contributed by atoms with Gasteiger partial charge in [-0.15, -0.1) is 11.3 Å². The Morgan fingerprint density at radius 3 is 2.65 bits per heavy atom. The van der Waals surface area contributed by atoms with Gasteiger partial charge in [-0.25, -0.2) is 10.4 Å². The van der Waals surface area contributed by atoms with Gasteiger partial charge in [0, 0.05) is 35.3 Å². The van der Waals surface area contributed by atoms with Gasteiger partial charge in [-0.2, -0.15) is 5.10 Å². The smallest absolute Gasteiger partial charge is 0.267 e. The zero-order chi connectivity index (χ0) is 28.2. The fourth-order valence-corrected chi connectivity index (χ4v) is 7.08. The number of hydrogen-bond acceptors (Lipinski definition) is 8. The summed E-state index contributed by atoms with van der Waals surface area (Å²) in [5.74, 6) is -0.218. The maximum absolute atomic E-state index is 13.8. The highest BCUT2D eigenvalue weighted by molar-refractivity contribution is 7.99. The van der Waals surface area contributed by atoms with Crippen LogP contribution in [0, 0.1) is 6.92 Å². The number of carbonyl (C=O) groups is 1. The normalized spacial score (nSPS) is 13.1. The van der Waals surface area contributed by atoms with Crippen LogP contribution in [0.3, 0.4) is 0 Å². The van der Waals surface area contributed by atoms with Crippen LogP contribution in [-0.4, -0.2) is 45.6 Å². The van der Waals surface area contributed by atoms with E-state index in [4.69, 9.17) is 4.98 Å². The molecule has 4 aromatic rings. The second-order valence-corrected chi connectivity index (χ2v) is 11.8. The van der Waals surface area contributed by atoms with Crippen molar-refractivity contribution in [2.75, 3.05) is 23.7 Å². The molecule has 1 amide bonds. The number of anilines is 1. The van der Waals surface area contributed by atoms with Crippen molar-refractivity contribution >= 4 is 51.1 Å². The molecular weight excluding hydrogens is 542 g/mol. The minimum atomic E-state index is -0.337. The first kappa shape index (κ1) is 27.9. The van der Waals surface area contributed by atoms with E-state index in [1.165, 1.54) is 22.9 Å². The monoisotopic (exact) mass is 575 g/mol. The van der Waals surface area contributed by atoms with Gasteiger partial charge in [0.05, 0.1) is 23.0 Å². The van der Waals surface area contributed by atoms with E-state index in [0.717, 1.165) is 66.1 Å². The second-order valence-electron chi connectivity index (χ2n) is 9.76. The highest BCUT2D eigenvalue weighted by Crippen LogP contribution is 2.35. The lowest BCUT2D eigenvalue weighted by molar-refractivity contribution is -0.118. The number of thiophene rings is 1. The third-order valence-corrected chi connectivity index (χ3v) is 9.24. The van der Waals surface area contributed by atoms with E-state index in [1.54, 1.807) is 28.0 Å². The summed E-state index contributed by atoms with van der Waals surface area (Å²) >= 11 is 2.80. The summed E-state index contributed by atoms with van der Waals surface area (Å²) in [6.07, 6.45) is 5.52. The number of aromatic nitrogens is 2. The molecule has 2 heterocycles. The lowest BCUT2D eigenvalue weighted by Crippen LogP contribution is -2.24. The number of fused-ring (bicyclic) bond motifs is 3. The third-order valence-electron chi connectivity index (χ3n) is 7.12. The van der Waals surface area contributed by atoms with E-state index >= 15 is 0 Å². The molecule has 208 valence electrons. The van der Waals surface area contributed by atoms with Gasteiger partial charge in [0.25, 0.3) is 11.5 Å². The third kappa shape index (κ3) is 5.78. The molecule has 10 heteroatoms. The molecule has 0 aliphatic heterocycles. The summed E-state index contributed by atoms with van der Waals surface area (Å²) < 4.78 is 1.63. The van der Waals surface area contributed by atoms with Crippen LogP contribution in [0.1, 0.15) is 48.3 Å². The van der Waals surface area contributed by atoms with Crippen molar-refractivity contribution in [1.29, 1.82) is 0 Å². The zero-order valence-electron chi connectivity index (χ0n) is 22.9. The number of nitrogens with zero attached hydrogens (tertiary/aromatic N) is 4. The number of carbonyl (C=O) groups excluding carboxylic acids is 1. The van der Waals surface area contributed by atoms with Crippen LogP contribution in [0.5, 0.6) is 5.75 Å². The number of thioether (sulfide) groups is 1. The molecule has 40 heavy (non-hydrogen) atoms. The number of hydrazone groups is 1. The second kappa shape index (κ2) is 12.3. The molecule has 0 atom stereocenters. The number of aromatic hydroxyl groups is 1. The van der Waals surface area contributed by atoms with E-state index < -0.39 is 0 Å². The lowest BCUT2D eigenvalue weighted by Gasteiger charge is -2.21. The molecule has 0 spiro atoms. The Morgan fingerprint density at radius 1 is 1.18 bits per heavy atom. The van der Waals surface area contributed by atoms with Gasteiger partial charge in [-0.3, -0.25) is 14.2 Å². The first-order chi connectivity index (χ1) is 19.4. The minimum Gasteiger partial charge on any atom is -0.507 e. The van der Waals surface area contributed by atoms with Gasteiger partial charge in [0.2, 0.25) is 0 Å². The molecule has 0 saturated carbocycles. The van der Waals surface area contributed by atoms with Crippen LogP contribution >= 0.6 is 23.1 Å². The Morgan fingerprint density at radius 2 is 1.93 bits per heavy atom. The number of rotatable bonds is 9. The summed E-state index contributed by atoms with van der Waals surface area (Å²) in [5.41, 5.74) is 6.83. The van der Waals surface area contributed by atoms with Crippen LogP contribution < -0.4 is 15.9 Å². The molecule has 1 aliphatic carbocycles. The molecule has 2 N–H and O–H groups in total. The number of nitrogens with one attached hydrogen (secondary N) is 1. The van der Waals surface area contributed by atoms with E-state index in [1.807, 2.05) is 37.3 Å². The fourth-order valence-electron chi connectivity index (χ4n) is 4.97. The van der Waals surface area contributed by atoms with Gasteiger partial charge in [-0.1, -0.05) is 29.5 Å². The zero-order valence-corrected chi connectivity index (χ0v) is 24.6. The van der Waals surface area contributed by atoms with Crippen molar-refractivity contribution in [3.63, 3.8) is 0 Å². The Hall–Kier alpha value is -3.63. The highest BCUT2D eigenvalue weighted by atomic mass is 32.2. The van der Waals surface area contributed by atoms with Gasteiger partial charge >= 0.3 is 0 Å². The molecule has 0 fully saturated rings. The summed E-state index contributed by atoms with van der Waals surface area (Å²) in [4.78, 5) is 35.5. The number of aryl methyl sites for hydroxylation is 3.